The quantitative estimate of drug-likeness (QED) is 0.120. The first kappa shape index (κ1) is 29.0. The lowest BCUT2D eigenvalue weighted by molar-refractivity contribution is 0.952. The summed E-state index contributed by atoms with van der Waals surface area (Å²) in [7, 11) is -2.89. The second-order valence-corrected chi connectivity index (χ2v) is 18.1. The standard InChI is InChI=1S/C52H36N4Si/c1-4-20-38(21-5-1)57(39-22-6-2-7-23-39,40-24-8-3-9-25-40)41-26-18-19-37(35-41)46-36-51(55-47-31-14-10-27-42(47)43-28-11-15-32-48(43)55)54-52(53-46)56-49-33-16-12-29-44(49)45-30-13-17-34-50(45)56/h1-36H/i10D,11D,12D,13D. The molecule has 8 aromatic carbocycles. The molecular formula is C52H36N4Si. The lowest BCUT2D eigenvalue weighted by atomic mass is 10.1. The Bertz CT molecular complexity index is 3120. The second kappa shape index (κ2) is 13.4. The minimum atomic E-state index is -2.89. The van der Waals surface area contributed by atoms with Crippen LogP contribution in [0.5, 0.6) is 0 Å². The van der Waals surface area contributed by atoms with Crippen LogP contribution in [0.25, 0.3) is 66.6 Å². The van der Waals surface area contributed by atoms with Crippen molar-refractivity contribution in [3.8, 4) is 23.0 Å². The molecule has 268 valence electrons. The molecule has 11 aromatic rings. The van der Waals surface area contributed by atoms with Crippen LogP contribution in [0, 0.1) is 0 Å². The highest BCUT2D eigenvalue weighted by Crippen LogP contribution is 2.35. The molecule has 0 saturated heterocycles. The number of hydrogen-bond acceptors (Lipinski definition) is 2. The van der Waals surface area contributed by atoms with Crippen molar-refractivity contribution >= 4 is 72.4 Å². The van der Waals surface area contributed by atoms with Crippen molar-refractivity contribution in [2.75, 3.05) is 0 Å². The van der Waals surface area contributed by atoms with Crippen LogP contribution < -0.4 is 20.7 Å². The fourth-order valence-electron chi connectivity index (χ4n) is 8.81. The van der Waals surface area contributed by atoms with E-state index < -0.39 is 8.07 Å². The molecule has 0 N–H and O–H groups in total. The monoisotopic (exact) mass is 748 g/mol. The van der Waals surface area contributed by atoms with E-state index in [1.165, 1.54) is 20.7 Å². The summed E-state index contributed by atoms with van der Waals surface area (Å²) < 4.78 is 38.2. The highest BCUT2D eigenvalue weighted by molar-refractivity contribution is 7.19. The van der Waals surface area contributed by atoms with Gasteiger partial charge in [0.2, 0.25) is 5.95 Å². The van der Waals surface area contributed by atoms with Crippen molar-refractivity contribution < 1.29 is 5.48 Å². The van der Waals surface area contributed by atoms with Crippen LogP contribution in [-0.4, -0.2) is 27.2 Å². The minimum absolute atomic E-state index is 0.379. The third-order valence-electron chi connectivity index (χ3n) is 11.2. The maximum absolute atomic E-state index is 8.53. The fourth-order valence-corrected chi connectivity index (χ4v) is 13.6. The summed E-state index contributed by atoms with van der Waals surface area (Å²) in [6, 6.07) is 67.3. The van der Waals surface area contributed by atoms with Gasteiger partial charge in [0.05, 0.1) is 33.2 Å². The molecule has 0 radical (unpaired) electrons. The molecule has 0 bridgehead atoms. The summed E-state index contributed by atoms with van der Waals surface area (Å²) in [5.41, 5.74) is 5.03. The molecule has 3 heterocycles. The van der Waals surface area contributed by atoms with Crippen LogP contribution in [0.3, 0.4) is 0 Å². The van der Waals surface area contributed by atoms with Crippen LogP contribution in [0.2, 0.25) is 0 Å². The molecule has 0 atom stereocenters. The van der Waals surface area contributed by atoms with E-state index in [0.29, 0.717) is 41.6 Å². The van der Waals surface area contributed by atoms with Crippen LogP contribution in [0.4, 0.5) is 0 Å². The Kier molecular flexibility index (Phi) is 6.84. The fraction of sp³-hybridized carbons (Fsp3) is 0. The Morgan fingerprint density at radius 1 is 0.368 bits per heavy atom. The van der Waals surface area contributed by atoms with Crippen LogP contribution in [0.15, 0.2) is 218 Å². The van der Waals surface area contributed by atoms with E-state index in [0.717, 1.165) is 49.2 Å². The van der Waals surface area contributed by atoms with E-state index >= 15 is 0 Å². The predicted molar refractivity (Wildman–Crippen MR) is 240 cm³/mol. The Morgan fingerprint density at radius 2 is 0.789 bits per heavy atom. The lowest BCUT2D eigenvalue weighted by Crippen LogP contribution is -2.74. The van der Waals surface area contributed by atoms with Gasteiger partial charge in [-0.25, -0.2) is 4.98 Å². The van der Waals surface area contributed by atoms with Crippen molar-refractivity contribution in [3.05, 3.63) is 218 Å². The van der Waals surface area contributed by atoms with E-state index in [-0.39, 0.29) is 0 Å². The molecule has 3 aromatic heterocycles. The zero-order valence-corrected chi connectivity index (χ0v) is 31.8. The third kappa shape index (κ3) is 5.20. The number of benzene rings is 8. The summed E-state index contributed by atoms with van der Waals surface area (Å²) in [6.07, 6.45) is 0. The average molecular weight is 749 g/mol. The van der Waals surface area contributed by atoms with Gasteiger partial charge in [0.15, 0.2) is 8.07 Å². The van der Waals surface area contributed by atoms with Crippen LogP contribution >= 0.6 is 0 Å². The van der Waals surface area contributed by atoms with Gasteiger partial charge < -0.3 is 0 Å². The molecule has 0 aliphatic heterocycles. The normalized spacial score (nSPS) is 12.8. The minimum Gasteiger partial charge on any atom is -0.294 e. The van der Waals surface area contributed by atoms with Crippen molar-refractivity contribution in [2.24, 2.45) is 0 Å². The van der Waals surface area contributed by atoms with Crippen molar-refractivity contribution in [1.29, 1.82) is 0 Å². The number of rotatable bonds is 7. The maximum Gasteiger partial charge on any atom is 0.237 e. The number of para-hydroxylation sites is 4. The SMILES string of the molecule is [2H]c1ccc2c(c1)c1cc([2H])ccc1n2-c1cc(-c2cccc([Si](c3ccccc3)(c3ccccc3)c3ccccc3)c2)nc(-n2c3ccc([2H])cc3c3cc([2H])ccc32)n1. The number of aromatic nitrogens is 4. The van der Waals surface area contributed by atoms with Gasteiger partial charge in [-0.2, -0.15) is 4.98 Å². The lowest BCUT2D eigenvalue weighted by Gasteiger charge is -2.34. The first-order valence-electron chi connectivity index (χ1n) is 21.1. The van der Waals surface area contributed by atoms with E-state index in [1.807, 2.05) is 59.2 Å². The number of hydrogen-bond donors (Lipinski definition) is 0. The highest BCUT2D eigenvalue weighted by Gasteiger charge is 2.41. The molecule has 0 aliphatic carbocycles. The van der Waals surface area contributed by atoms with Gasteiger partial charge in [0.1, 0.15) is 5.82 Å². The average Bonchev–Trinajstić information content (AvgIpc) is 3.78. The molecule has 11 rings (SSSR count). The maximum atomic E-state index is 8.53. The van der Waals surface area contributed by atoms with Crippen molar-refractivity contribution in [1.82, 2.24) is 19.1 Å². The highest BCUT2D eigenvalue weighted by atomic mass is 28.3. The van der Waals surface area contributed by atoms with Gasteiger partial charge in [-0.1, -0.05) is 188 Å². The van der Waals surface area contributed by atoms with Gasteiger partial charge in [-0.3, -0.25) is 9.13 Å². The van der Waals surface area contributed by atoms with E-state index in [1.54, 1.807) is 24.3 Å². The molecule has 0 amide bonds. The van der Waals surface area contributed by atoms with Gasteiger partial charge >= 0.3 is 0 Å². The Balaban J connectivity index is 1.23. The van der Waals surface area contributed by atoms with Gasteiger partial charge in [-0.15, -0.1) is 0 Å². The summed E-state index contributed by atoms with van der Waals surface area (Å²) in [4.78, 5) is 10.8. The summed E-state index contributed by atoms with van der Waals surface area (Å²) in [6.45, 7) is 0. The van der Waals surface area contributed by atoms with E-state index in [4.69, 9.17) is 15.5 Å². The molecular weight excluding hydrogens is 709 g/mol. The molecule has 0 aliphatic rings. The smallest absolute Gasteiger partial charge is 0.237 e. The Labute approximate surface area is 337 Å². The summed E-state index contributed by atoms with van der Waals surface area (Å²) in [5.74, 6) is 1.07. The molecule has 0 unspecified atom stereocenters. The Hall–Kier alpha value is -7.34. The van der Waals surface area contributed by atoms with Gasteiger partial charge in [-0.05, 0) is 45.0 Å². The zero-order chi connectivity index (χ0) is 41.2. The predicted octanol–water partition coefficient (Wildman–Crippen LogP) is 9.72. The summed E-state index contributed by atoms with van der Waals surface area (Å²) >= 11 is 0. The van der Waals surface area contributed by atoms with Crippen molar-refractivity contribution in [2.45, 2.75) is 0 Å². The molecule has 5 heteroatoms. The Morgan fingerprint density at radius 3 is 1.25 bits per heavy atom. The van der Waals surface area contributed by atoms with Crippen LogP contribution in [0.1, 0.15) is 5.48 Å². The topological polar surface area (TPSA) is 35.6 Å². The molecule has 0 saturated carbocycles. The molecule has 0 fully saturated rings. The van der Waals surface area contributed by atoms with E-state index in [9.17, 15) is 0 Å². The van der Waals surface area contributed by atoms with Crippen LogP contribution in [-0.2, 0) is 0 Å². The third-order valence-corrected chi connectivity index (χ3v) is 16.0. The van der Waals surface area contributed by atoms with Gasteiger partial charge in [0, 0.05) is 33.2 Å². The zero-order valence-electron chi connectivity index (χ0n) is 34.8. The number of fused-ring (bicyclic) bond motifs is 6. The first-order valence-corrected chi connectivity index (χ1v) is 21.1. The first-order chi connectivity index (χ1) is 29.9. The molecule has 4 nitrogen and oxygen atoms in total. The number of nitrogens with zero attached hydrogens (tertiary/aromatic N) is 4. The van der Waals surface area contributed by atoms with Crippen molar-refractivity contribution in [3.63, 3.8) is 0 Å². The van der Waals surface area contributed by atoms with E-state index in [2.05, 4.69) is 120 Å². The molecule has 0 spiro atoms. The summed E-state index contributed by atoms with van der Waals surface area (Å²) in [5, 5.41) is 8.46. The second-order valence-electron chi connectivity index (χ2n) is 14.3. The largest absolute Gasteiger partial charge is 0.294 e. The molecule has 57 heavy (non-hydrogen) atoms. The van der Waals surface area contributed by atoms with Gasteiger partial charge in [0.25, 0.3) is 0 Å².